The van der Waals surface area contributed by atoms with Crippen LogP contribution in [0.2, 0.25) is 5.02 Å². The van der Waals surface area contributed by atoms with E-state index in [1.54, 1.807) is 6.07 Å². The van der Waals surface area contributed by atoms with E-state index in [2.05, 4.69) is 26.8 Å². The lowest BCUT2D eigenvalue weighted by Gasteiger charge is -2.42. The zero-order valence-corrected chi connectivity index (χ0v) is 22.1. The van der Waals surface area contributed by atoms with E-state index in [1.165, 1.54) is 6.07 Å². The molecule has 2 saturated heterocycles. The number of halogens is 1. The first-order valence-electron chi connectivity index (χ1n) is 13.4. The maximum atomic E-state index is 12.6. The van der Waals surface area contributed by atoms with Gasteiger partial charge >= 0.3 is 0 Å². The van der Waals surface area contributed by atoms with Crippen LogP contribution in [0.25, 0.3) is 0 Å². The summed E-state index contributed by atoms with van der Waals surface area (Å²) in [6.07, 6.45) is 1.08. The fourth-order valence-electron chi connectivity index (χ4n) is 6.29. The lowest BCUT2D eigenvalue weighted by Crippen LogP contribution is -2.46. The number of rotatable bonds is 6. The van der Waals surface area contributed by atoms with Gasteiger partial charge in [-0.2, -0.15) is 0 Å². The zero-order valence-electron chi connectivity index (χ0n) is 21.4. The smallest absolute Gasteiger partial charge is 0.250 e. The molecule has 1 N–H and O–H groups in total. The Hall–Kier alpha value is -2.91. The third kappa shape index (κ3) is 5.31. The van der Waals surface area contributed by atoms with E-state index in [0.29, 0.717) is 36.4 Å². The molecule has 2 aromatic heterocycles. The molecular weight excluding hydrogens is 504 g/mol. The summed E-state index contributed by atoms with van der Waals surface area (Å²) in [7, 11) is 0. The van der Waals surface area contributed by atoms with Crippen molar-refractivity contribution < 1.29 is 9.52 Å². The minimum atomic E-state index is -0.396. The molecule has 6 rings (SSSR count). The Bertz CT molecular complexity index is 1430. The Kier molecular flexibility index (Phi) is 7.14. The van der Waals surface area contributed by atoms with Crippen molar-refractivity contribution in [1.29, 1.82) is 0 Å². The average molecular weight is 537 g/mol. The van der Waals surface area contributed by atoms with Crippen LogP contribution in [0.1, 0.15) is 35.1 Å². The first-order valence-corrected chi connectivity index (χ1v) is 13.8. The molecule has 38 heavy (non-hydrogen) atoms. The Labute approximate surface area is 226 Å². The Balaban J connectivity index is 1.10. The van der Waals surface area contributed by atoms with Crippen LogP contribution in [0, 0.1) is 5.92 Å². The van der Waals surface area contributed by atoms with Crippen LogP contribution in [-0.2, 0) is 26.2 Å². The van der Waals surface area contributed by atoms with Gasteiger partial charge < -0.3 is 14.1 Å². The number of hydrogen-bond acceptors (Lipinski definition) is 7. The summed E-state index contributed by atoms with van der Waals surface area (Å²) in [5, 5.41) is 11.3. The van der Waals surface area contributed by atoms with Crippen LogP contribution in [0.5, 0.6) is 5.75 Å². The van der Waals surface area contributed by atoms with Crippen molar-refractivity contribution in [2.45, 2.75) is 38.5 Å². The van der Waals surface area contributed by atoms with Crippen LogP contribution in [0.3, 0.4) is 0 Å². The normalized spacial score (nSPS) is 22.3. The Morgan fingerprint density at radius 3 is 2.42 bits per heavy atom. The van der Waals surface area contributed by atoms with E-state index in [4.69, 9.17) is 16.0 Å². The predicted octanol–water partition coefficient (Wildman–Crippen LogP) is 3.10. The third-order valence-corrected chi connectivity index (χ3v) is 8.53. The molecule has 1 aromatic carbocycles. The summed E-state index contributed by atoms with van der Waals surface area (Å²) in [6, 6.07) is 14.9. The van der Waals surface area contributed by atoms with Gasteiger partial charge in [-0.25, -0.2) is 0 Å². The van der Waals surface area contributed by atoms with E-state index in [9.17, 15) is 14.7 Å². The summed E-state index contributed by atoms with van der Waals surface area (Å²) in [5.41, 5.74) is 1.90. The Morgan fingerprint density at radius 2 is 1.63 bits per heavy atom. The number of hydrogen-bond donors (Lipinski definition) is 1. The van der Waals surface area contributed by atoms with Gasteiger partial charge in [0.2, 0.25) is 11.2 Å². The summed E-state index contributed by atoms with van der Waals surface area (Å²) in [4.78, 5) is 31.8. The lowest BCUT2D eigenvalue weighted by atomic mass is 9.83. The fourth-order valence-corrected chi connectivity index (χ4v) is 6.49. The maximum Gasteiger partial charge on any atom is 0.250 e. The average Bonchev–Trinajstić information content (AvgIpc) is 2.90. The summed E-state index contributed by atoms with van der Waals surface area (Å²) < 4.78 is 8.04. The van der Waals surface area contributed by atoms with Crippen molar-refractivity contribution in [3.05, 3.63) is 96.9 Å². The molecule has 0 unspecified atom stereocenters. The van der Waals surface area contributed by atoms with Crippen LogP contribution < -0.4 is 11.0 Å². The first-order chi connectivity index (χ1) is 18.4. The van der Waals surface area contributed by atoms with Crippen molar-refractivity contribution >= 4 is 11.6 Å². The molecule has 2 fully saturated rings. The number of likely N-dealkylation sites (tertiary alicyclic amines) is 1. The zero-order chi connectivity index (χ0) is 26.2. The van der Waals surface area contributed by atoms with Gasteiger partial charge in [0.05, 0.1) is 13.1 Å². The largest absolute Gasteiger partial charge is 0.502 e. The minimum absolute atomic E-state index is 0.0736. The molecule has 200 valence electrons. The second-order valence-corrected chi connectivity index (χ2v) is 11.3. The van der Waals surface area contributed by atoms with E-state index in [1.807, 2.05) is 28.8 Å². The highest BCUT2D eigenvalue weighted by atomic mass is 35.5. The highest BCUT2D eigenvalue weighted by Crippen LogP contribution is 2.35. The van der Waals surface area contributed by atoms with Crippen LogP contribution in [0.15, 0.2) is 62.5 Å². The van der Waals surface area contributed by atoms with Crippen molar-refractivity contribution in [3.8, 4) is 5.75 Å². The number of piperidine rings is 1. The van der Waals surface area contributed by atoms with E-state index in [-0.39, 0.29) is 11.3 Å². The number of piperazine rings is 1. The molecule has 0 saturated carbocycles. The molecule has 2 bridgehead atoms. The van der Waals surface area contributed by atoms with Crippen LogP contribution >= 0.6 is 11.6 Å². The second-order valence-electron chi connectivity index (χ2n) is 10.9. The number of nitrogens with zero attached hydrogens (tertiary/aromatic N) is 4. The summed E-state index contributed by atoms with van der Waals surface area (Å²) in [6.45, 7) is 7.48. The van der Waals surface area contributed by atoms with Gasteiger partial charge in [-0.3, -0.25) is 24.3 Å². The van der Waals surface area contributed by atoms with Crippen molar-refractivity contribution in [2.24, 2.45) is 5.92 Å². The topological polar surface area (TPSA) is 82.2 Å². The molecule has 0 spiro atoms. The van der Waals surface area contributed by atoms with Gasteiger partial charge in [-0.15, -0.1) is 0 Å². The van der Waals surface area contributed by atoms with Crippen LogP contribution in [0.4, 0.5) is 0 Å². The molecule has 3 aliphatic heterocycles. The molecule has 0 radical (unpaired) electrons. The molecule has 5 heterocycles. The first kappa shape index (κ1) is 25.4. The quantitative estimate of drug-likeness (QED) is 0.518. The number of aromatic nitrogens is 1. The molecule has 2 atom stereocenters. The summed E-state index contributed by atoms with van der Waals surface area (Å²) >= 11 is 6.33. The fraction of sp³-hybridized carbons (Fsp3) is 0.448. The van der Waals surface area contributed by atoms with E-state index in [0.717, 1.165) is 75.1 Å². The van der Waals surface area contributed by atoms with E-state index >= 15 is 0 Å². The molecule has 0 aliphatic carbocycles. The second kappa shape index (κ2) is 10.7. The molecule has 8 nitrogen and oxygen atoms in total. The highest BCUT2D eigenvalue weighted by molar-refractivity contribution is 6.31. The number of pyridine rings is 1. The van der Waals surface area contributed by atoms with Crippen LogP contribution in [-0.4, -0.2) is 63.6 Å². The van der Waals surface area contributed by atoms with Gasteiger partial charge in [-0.05, 0) is 30.0 Å². The van der Waals surface area contributed by atoms with Gasteiger partial charge in [0.15, 0.2) is 5.76 Å². The molecular formula is C29H33ClN4O4. The molecule has 3 aliphatic rings. The SMILES string of the molecule is O=c1cc(CN2C[C@H]3C[C@@H](C2)c2cccc(=O)n2C3)oc(CN2CCN(Cc3ccccc3Cl)CC2)c1O. The Morgan fingerprint density at radius 1 is 0.868 bits per heavy atom. The van der Waals surface area contributed by atoms with Crippen molar-refractivity contribution in [3.63, 3.8) is 0 Å². The summed E-state index contributed by atoms with van der Waals surface area (Å²) in [5.74, 6) is 1.30. The molecule has 3 aromatic rings. The van der Waals surface area contributed by atoms with Gasteiger partial charge in [0, 0.05) is 81.1 Å². The van der Waals surface area contributed by atoms with Gasteiger partial charge in [0.1, 0.15) is 5.76 Å². The number of benzene rings is 1. The lowest BCUT2D eigenvalue weighted by molar-refractivity contribution is 0.100. The predicted molar refractivity (Wildman–Crippen MR) is 145 cm³/mol. The monoisotopic (exact) mass is 536 g/mol. The standard InChI is InChI=1S/C29H33ClN4O4/c30-24-5-2-1-4-21(24)16-31-8-10-32(11-9-31)19-27-29(37)26(35)13-23(38-27)18-33-14-20-12-22(17-33)25-6-3-7-28(36)34(25)15-20/h1-7,13,20,22,37H,8-12,14-19H2/t20-,22+/m1/s1. The van der Waals surface area contributed by atoms with Crippen molar-refractivity contribution in [1.82, 2.24) is 19.3 Å². The third-order valence-electron chi connectivity index (χ3n) is 8.16. The van der Waals surface area contributed by atoms with Crippen molar-refractivity contribution in [2.75, 3.05) is 39.3 Å². The van der Waals surface area contributed by atoms with Gasteiger partial charge in [-0.1, -0.05) is 35.9 Å². The highest BCUT2D eigenvalue weighted by Gasteiger charge is 2.34. The number of aromatic hydroxyl groups is 1. The number of fused-ring (bicyclic) bond motifs is 4. The molecule has 9 heteroatoms. The van der Waals surface area contributed by atoms with Gasteiger partial charge in [0.25, 0.3) is 5.56 Å². The molecule has 0 amide bonds. The van der Waals surface area contributed by atoms with E-state index < -0.39 is 5.43 Å². The minimum Gasteiger partial charge on any atom is -0.502 e. The maximum absolute atomic E-state index is 12.6.